The number of hydrogen-bond acceptors (Lipinski definition) is 4. The van der Waals surface area contributed by atoms with E-state index in [1.165, 1.54) is 13.8 Å². The standard InChI is InChI=1S/C18H14O4/c1-11(19)21-17-10-9-15-14-6-4-3-5-13(14)7-8-16(15)18(17)22-12(2)20/h3-10H,1-2H3. The Balaban J connectivity index is 2.33. The molecule has 0 aromatic heterocycles. The Kier molecular flexibility index (Phi) is 3.51. The molecule has 3 aromatic carbocycles. The van der Waals surface area contributed by atoms with Crippen molar-refractivity contribution in [2.24, 2.45) is 0 Å². The summed E-state index contributed by atoms with van der Waals surface area (Å²) in [4.78, 5) is 22.6. The molecule has 0 atom stereocenters. The van der Waals surface area contributed by atoms with E-state index in [0.29, 0.717) is 0 Å². The minimum Gasteiger partial charge on any atom is -0.423 e. The minimum absolute atomic E-state index is 0.241. The fourth-order valence-corrected chi connectivity index (χ4v) is 2.52. The molecule has 0 aliphatic rings. The summed E-state index contributed by atoms with van der Waals surface area (Å²) < 4.78 is 10.4. The van der Waals surface area contributed by atoms with E-state index in [1.54, 1.807) is 6.07 Å². The second kappa shape index (κ2) is 5.48. The van der Waals surface area contributed by atoms with Gasteiger partial charge in [-0.05, 0) is 34.4 Å². The molecule has 0 bridgehead atoms. The maximum atomic E-state index is 11.4. The summed E-state index contributed by atoms with van der Waals surface area (Å²) in [6, 6.07) is 15.3. The Labute approximate surface area is 127 Å². The number of benzene rings is 3. The second-order valence-corrected chi connectivity index (χ2v) is 4.96. The van der Waals surface area contributed by atoms with E-state index in [2.05, 4.69) is 0 Å². The Morgan fingerprint density at radius 1 is 0.727 bits per heavy atom. The fourth-order valence-electron chi connectivity index (χ4n) is 2.52. The van der Waals surface area contributed by atoms with Crippen LogP contribution >= 0.6 is 0 Å². The molecular formula is C18H14O4. The lowest BCUT2D eigenvalue weighted by molar-refractivity contribution is -0.134. The van der Waals surface area contributed by atoms with Crippen molar-refractivity contribution < 1.29 is 19.1 Å². The first-order chi connectivity index (χ1) is 10.6. The van der Waals surface area contributed by atoms with Crippen molar-refractivity contribution in [1.29, 1.82) is 0 Å². The van der Waals surface area contributed by atoms with Crippen molar-refractivity contribution in [3.8, 4) is 11.5 Å². The molecule has 3 rings (SSSR count). The molecule has 3 aromatic rings. The molecule has 4 heteroatoms. The van der Waals surface area contributed by atoms with Crippen LogP contribution in [-0.2, 0) is 9.59 Å². The molecule has 0 amide bonds. The van der Waals surface area contributed by atoms with Crippen LogP contribution < -0.4 is 9.47 Å². The van der Waals surface area contributed by atoms with Crippen LogP contribution in [0, 0.1) is 0 Å². The summed E-state index contributed by atoms with van der Waals surface area (Å²) in [5.74, 6) is -0.418. The number of carbonyl (C=O) groups excluding carboxylic acids is 2. The van der Waals surface area contributed by atoms with Gasteiger partial charge in [-0.25, -0.2) is 0 Å². The smallest absolute Gasteiger partial charge is 0.308 e. The Hall–Kier alpha value is -2.88. The number of rotatable bonds is 2. The second-order valence-electron chi connectivity index (χ2n) is 4.96. The number of fused-ring (bicyclic) bond motifs is 3. The van der Waals surface area contributed by atoms with E-state index in [9.17, 15) is 9.59 Å². The van der Waals surface area contributed by atoms with Crippen molar-refractivity contribution in [3.05, 3.63) is 48.5 Å². The predicted molar refractivity (Wildman–Crippen MR) is 84.1 cm³/mol. The van der Waals surface area contributed by atoms with Gasteiger partial charge in [0.2, 0.25) is 0 Å². The topological polar surface area (TPSA) is 52.6 Å². The van der Waals surface area contributed by atoms with E-state index >= 15 is 0 Å². The Morgan fingerprint density at radius 2 is 1.41 bits per heavy atom. The molecule has 0 spiro atoms. The van der Waals surface area contributed by atoms with Crippen LogP contribution in [0.4, 0.5) is 0 Å². The summed E-state index contributed by atoms with van der Waals surface area (Å²) in [5.41, 5.74) is 0. The highest BCUT2D eigenvalue weighted by atomic mass is 16.6. The third kappa shape index (κ3) is 2.51. The van der Waals surface area contributed by atoms with Crippen molar-refractivity contribution >= 4 is 33.5 Å². The molecule has 110 valence electrons. The molecular weight excluding hydrogens is 280 g/mol. The van der Waals surface area contributed by atoms with Crippen molar-refractivity contribution in [2.75, 3.05) is 0 Å². The van der Waals surface area contributed by atoms with Crippen LogP contribution in [0.5, 0.6) is 11.5 Å². The zero-order chi connectivity index (χ0) is 15.7. The van der Waals surface area contributed by atoms with Crippen LogP contribution in [0.15, 0.2) is 48.5 Å². The first kappa shape index (κ1) is 14.1. The molecule has 0 saturated carbocycles. The lowest BCUT2D eigenvalue weighted by Crippen LogP contribution is -2.07. The summed E-state index contributed by atoms with van der Waals surface area (Å²) in [7, 11) is 0. The van der Waals surface area contributed by atoms with Gasteiger partial charge >= 0.3 is 11.9 Å². The van der Waals surface area contributed by atoms with E-state index in [1.807, 2.05) is 42.5 Å². The van der Waals surface area contributed by atoms with Crippen molar-refractivity contribution in [2.45, 2.75) is 13.8 Å². The molecule has 0 heterocycles. The lowest BCUT2D eigenvalue weighted by Gasteiger charge is -2.13. The van der Waals surface area contributed by atoms with Gasteiger partial charge in [-0.3, -0.25) is 9.59 Å². The van der Waals surface area contributed by atoms with Gasteiger partial charge in [-0.1, -0.05) is 30.3 Å². The van der Waals surface area contributed by atoms with E-state index in [0.717, 1.165) is 21.5 Å². The fraction of sp³-hybridized carbons (Fsp3) is 0.111. The summed E-state index contributed by atoms with van der Waals surface area (Å²) in [6.45, 7) is 2.62. The molecule has 0 unspecified atom stereocenters. The maximum Gasteiger partial charge on any atom is 0.308 e. The van der Waals surface area contributed by atoms with Crippen LogP contribution in [-0.4, -0.2) is 11.9 Å². The lowest BCUT2D eigenvalue weighted by atomic mass is 10.0. The van der Waals surface area contributed by atoms with Gasteiger partial charge in [0.1, 0.15) is 0 Å². The van der Waals surface area contributed by atoms with Gasteiger partial charge in [-0.15, -0.1) is 0 Å². The highest BCUT2D eigenvalue weighted by Gasteiger charge is 2.15. The number of hydrogen-bond donors (Lipinski definition) is 0. The van der Waals surface area contributed by atoms with Gasteiger partial charge in [0.15, 0.2) is 11.5 Å². The van der Waals surface area contributed by atoms with E-state index in [4.69, 9.17) is 9.47 Å². The first-order valence-corrected chi connectivity index (χ1v) is 6.87. The largest absolute Gasteiger partial charge is 0.423 e. The summed E-state index contributed by atoms with van der Waals surface area (Å²) >= 11 is 0. The van der Waals surface area contributed by atoms with E-state index < -0.39 is 11.9 Å². The quantitative estimate of drug-likeness (QED) is 0.409. The molecule has 4 nitrogen and oxygen atoms in total. The number of carbonyl (C=O) groups is 2. The van der Waals surface area contributed by atoms with Crippen molar-refractivity contribution in [1.82, 2.24) is 0 Å². The molecule has 22 heavy (non-hydrogen) atoms. The third-order valence-corrected chi connectivity index (χ3v) is 3.34. The Bertz CT molecular complexity index is 896. The first-order valence-electron chi connectivity index (χ1n) is 6.87. The normalized spacial score (nSPS) is 10.6. The van der Waals surface area contributed by atoms with Crippen LogP contribution in [0.25, 0.3) is 21.5 Å². The molecule has 0 N–H and O–H groups in total. The average molecular weight is 294 g/mol. The minimum atomic E-state index is -0.464. The summed E-state index contributed by atoms with van der Waals surface area (Å²) in [6.07, 6.45) is 0. The van der Waals surface area contributed by atoms with Crippen LogP contribution in [0.3, 0.4) is 0 Å². The van der Waals surface area contributed by atoms with E-state index in [-0.39, 0.29) is 11.5 Å². The number of esters is 2. The van der Waals surface area contributed by atoms with Gasteiger partial charge in [0.25, 0.3) is 0 Å². The zero-order valence-electron chi connectivity index (χ0n) is 12.3. The molecule has 0 aliphatic heterocycles. The van der Waals surface area contributed by atoms with Gasteiger partial charge in [-0.2, -0.15) is 0 Å². The summed E-state index contributed by atoms with van der Waals surface area (Å²) in [5, 5.41) is 3.80. The number of ether oxygens (including phenoxy) is 2. The average Bonchev–Trinajstić information content (AvgIpc) is 2.48. The highest BCUT2D eigenvalue weighted by Crippen LogP contribution is 2.39. The SMILES string of the molecule is CC(=O)Oc1ccc2c(ccc3ccccc32)c1OC(C)=O. The van der Waals surface area contributed by atoms with Crippen LogP contribution in [0.2, 0.25) is 0 Å². The molecule has 0 saturated heterocycles. The van der Waals surface area contributed by atoms with Crippen molar-refractivity contribution in [3.63, 3.8) is 0 Å². The highest BCUT2D eigenvalue weighted by molar-refractivity contribution is 6.10. The monoisotopic (exact) mass is 294 g/mol. The molecule has 0 fully saturated rings. The predicted octanol–water partition coefficient (Wildman–Crippen LogP) is 3.84. The van der Waals surface area contributed by atoms with Gasteiger partial charge < -0.3 is 9.47 Å². The molecule has 0 radical (unpaired) electrons. The molecule has 0 aliphatic carbocycles. The van der Waals surface area contributed by atoms with Crippen LogP contribution in [0.1, 0.15) is 13.8 Å². The van der Waals surface area contributed by atoms with Gasteiger partial charge in [0, 0.05) is 19.2 Å². The Morgan fingerprint density at radius 3 is 2.14 bits per heavy atom. The van der Waals surface area contributed by atoms with Gasteiger partial charge in [0.05, 0.1) is 0 Å². The third-order valence-electron chi connectivity index (χ3n) is 3.34. The zero-order valence-corrected chi connectivity index (χ0v) is 12.3. The maximum absolute atomic E-state index is 11.4.